The molecule has 0 radical (unpaired) electrons. The fourth-order valence-electron chi connectivity index (χ4n) is 2.53. The molecule has 0 atom stereocenters. The molecule has 0 amide bonds. The van der Waals surface area contributed by atoms with Gasteiger partial charge in [-0.15, -0.1) is 0 Å². The van der Waals surface area contributed by atoms with E-state index in [1.807, 2.05) is 30.3 Å². The van der Waals surface area contributed by atoms with Gasteiger partial charge in [0, 0.05) is 0 Å². The summed E-state index contributed by atoms with van der Waals surface area (Å²) in [5.41, 5.74) is 4.43. The van der Waals surface area contributed by atoms with Crippen LogP contribution in [0.5, 0.6) is 5.75 Å². The molecule has 1 N–H and O–H groups in total. The van der Waals surface area contributed by atoms with Crippen molar-refractivity contribution in [3.8, 4) is 16.9 Å². The third-order valence-corrected chi connectivity index (χ3v) is 3.36. The zero-order valence-electron chi connectivity index (χ0n) is 9.93. The number of carbonyl (C=O) groups excluding carboxylic acids is 1. The van der Waals surface area contributed by atoms with E-state index in [1.54, 1.807) is 6.07 Å². The first-order valence-corrected chi connectivity index (χ1v) is 5.74. The molecule has 18 heavy (non-hydrogen) atoms. The van der Waals surface area contributed by atoms with Crippen molar-refractivity contribution in [3.63, 3.8) is 0 Å². The van der Waals surface area contributed by atoms with Gasteiger partial charge in [-0.2, -0.15) is 0 Å². The van der Waals surface area contributed by atoms with Crippen molar-refractivity contribution in [3.05, 3.63) is 53.1 Å². The zero-order valence-corrected chi connectivity index (χ0v) is 9.93. The van der Waals surface area contributed by atoms with Gasteiger partial charge in [-0.05, 0) is 34.7 Å². The van der Waals surface area contributed by atoms with Gasteiger partial charge in [0.05, 0.1) is 7.11 Å². The number of hydrogen-bond acceptors (Lipinski definition) is 3. The minimum Gasteiger partial charge on any atom is -0.507 e. The molecule has 3 rings (SSSR count). The maximum atomic E-state index is 11.8. The third kappa shape index (κ3) is 1.40. The summed E-state index contributed by atoms with van der Waals surface area (Å²) in [6, 6.07) is 11.4. The Bertz CT molecular complexity index is 644. The predicted octanol–water partition coefficient (Wildman–Crippen LogP) is 2.75. The number of ether oxygens (including phenoxy) is 1. The number of rotatable bonds is 1. The van der Waals surface area contributed by atoms with E-state index in [0.717, 1.165) is 16.7 Å². The summed E-state index contributed by atoms with van der Waals surface area (Å²) in [6.07, 6.45) is 0.657. The van der Waals surface area contributed by atoms with Gasteiger partial charge in [-0.3, -0.25) is 0 Å². The molecular formula is C15H12O3. The Morgan fingerprint density at radius 1 is 1.17 bits per heavy atom. The molecule has 3 heteroatoms. The standard InChI is InChI=1S/C15H12O3/c1-18-15(17)14-12-8-9-4-2-3-5-10(9)11(12)6-7-13(14)16/h2-7,16H,8H2,1H3. The highest BCUT2D eigenvalue weighted by atomic mass is 16.5. The van der Waals surface area contributed by atoms with Crippen molar-refractivity contribution < 1.29 is 14.6 Å². The van der Waals surface area contributed by atoms with Crippen LogP contribution in [0.2, 0.25) is 0 Å². The van der Waals surface area contributed by atoms with Gasteiger partial charge in [-0.1, -0.05) is 30.3 Å². The molecule has 1 aliphatic rings. The van der Waals surface area contributed by atoms with Crippen molar-refractivity contribution in [1.29, 1.82) is 0 Å². The van der Waals surface area contributed by atoms with Crippen LogP contribution in [0.4, 0.5) is 0 Å². The van der Waals surface area contributed by atoms with E-state index in [-0.39, 0.29) is 11.3 Å². The monoisotopic (exact) mass is 240 g/mol. The molecule has 90 valence electrons. The molecular weight excluding hydrogens is 228 g/mol. The number of benzene rings is 2. The lowest BCUT2D eigenvalue weighted by atomic mass is 10.0. The second-order valence-electron chi connectivity index (χ2n) is 4.31. The summed E-state index contributed by atoms with van der Waals surface area (Å²) in [5, 5.41) is 9.85. The van der Waals surface area contributed by atoms with Crippen LogP contribution >= 0.6 is 0 Å². The lowest BCUT2D eigenvalue weighted by Crippen LogP contribution is -2.05. The highest BCUT2D eigenvalue weighted by Gasteiger charge is 2.26. The van der Waals surface area contributed by atoms with Crippen LogP contribution in [-0.2, 0) is 11.2 Å². The van der Waals surface area contributed by atoms with Crippen molar-refractivity contribution in [2.45, 2.75) is 6.42 Å². The molecule has 3 nitrogen and oxygen atoms in total. The normalized spacial score (nSPS) is 11.8. The van der Waals surface area contributed by atoms with Crippen LogP contribution in [0.25, 0.3) is 11.1 Å². The Labute approximate surface area is 105 Å². The Kier molecular flexibility index (Phi) is 2.33. The Morgan fingerprint density at radius 3 is 2.72 bits per heavy atom. The maximum absolute atomic E-state index is 11.8. The number of esters is 1. The second-order valence-corrected chi connectivity index (χ2v) is 4.31. The average molecular weight is 240 g/mol. The van der Waals surface area contributed by atoms with E-state index < -0.39 is 5.97 Å². The first kappa shape index (κ1) is 10.8. The van der Waals surface area contributed by atoms with Crippen LogP contribution in [-0.4, -0.2) is 18.2 Å². The first-order valence-electron chi connectivity index (χ1n) is 5.74. The Balaban J connectivity index is 2.25. The highest BCUT2D eigenvalue weighted by Crippen LogP contribution is 2.41. The summed E-state index contributed by atoms with van der Waals surface area (Å²) < 4.78 is 4.74. The summed E-state index contributed by atoms with van der Waals surface area (Å²) in [7, 11) is 1.32. The van der Waals surface area contributed by atoms with Gasteiger partial charge in [-0.25, -0.2) is 4.79 Å². The fourth-order valence-corrected chi connectivity index (χ4v) is 2.53. The van der Waals surface area contributed by atoms with Crippen LogP contribution < -0.4 is 0 Å². The number of methoxy groups -OCH3 is 1. The molecule has 1 aliphatic carbocycles. The zero-order chi connectivity index (χ0) is 12.7. The van der Waals surface area contributed by atoms with E-state index in [1.165, 1.54) is 12.7 Å². The summed E-state index contributed by atoms with van der Waals surface area (Å²) in [5.74, 6) is -0.509. The van der Waals surface area contributed by atoms with E-state index in [9.17, 15) is 9.90 Å². The van der Waals surface area contributed by atoms with Crippen LogP contribution in [0.1, 0.15) is 21.5 Å². The van der Waals surface area contributed by atoms with Crippen molar-refractivity contribution in [1.82, 2.24) is 0 Å². The van der Waals surface area contributed by atoms with Crippen molar-refractivity contribution >= 4 is 5.97 Å². The molecule has 0 aliphatic heterocycles. The van der Waals surface area contributed by atoms with E-state index in [0.29, 0.717) is 6.42 Å². The maximum Gasteiger partial charge on any atom is 0.341 e. The summed E-state index contributed by atoms with van der Waals surface area (Å²) >= 11 is 0. The molecule has 2 aromatic rings. The number of fused-ring (bicyclic) bond motifs is 3. The lowest BCUT2D eigenvalue weighted by molar-refractivity contribution is 0.0596. The largest absolute Gasteiger partial charge is 0.507 e. The number of aromatic hydroxyl groups is 1. The van der Waals surface area contributed by atoms with Crippen LogP contribution in [0, 0.1) is 0 Å². The highest BCUT2D eigenvalue weighted by molar-refractivity contribution is 5.98. The molecule has 0 aromatic heterocycles. The van der Waals surface area contributed by atoms with Crippen LogP contribution in [0.15, 0.2) is 36.4 Å². The Morgan fingerprint density at radius 2 is 1.94 bits per heavy atom. The lowest BCUT2D eigenvalue weighted by Gasteiger charge is -2.08. The van der Waals surface area contributed by atoms with E-state index in [4.69, 9.17) is 4.74 Å². The predicted molar refractivity (Wildman–Crippen MR) is 67.7 cm³/mol. The molecule has 0 unspecified atom stereocenters. The summed E-state index contributed by atoms with van der Waals surface area (Å²) in [6.45, 7) is 0. The smallest absolute Gasteiger partial charge is 0.341 e. The SMILES string of the molecule is COC(=O)c1c(O)ccc2c1Cc1ccccc1-2. The molecule has 0 bridgehead atoms. The third-order valence-electron chi connectivity index (χ3n) is 3.36. The average Bonchev–Trinajstić information content (AvgIpc) is 2.76. The fraction of sp³-hybridized carbons (Fsp3) is 0.133. The number of phenols is 1. The molecule has 0 saturated heterocycles. The van der Waals surface area contributed by atoms with Crippen LogP contribution in [0.3, 0.4) is 0 Å². The summed E-state index contributed by atoms with van der Waals surface area (Å²) in [4.78, 5) is 11.8. The number of phenolic OH excluding ortho intramolecular Hbond substituents is 1. The van der Waals surface area contributed by atoms with Gasteiger partial charge >= 0.3 is 5.97 Å². The molecule has 0 saturated carbocycles. The number of hydrogen-bond donors (Lipinski definition) is 1. The second kappa shape index (κ2) is 3.88. The minimum absolute atomic E-state index is 0.0200. The van der Waals surface area contributed by atoms with Gasteiger partial charge in [0.25, 0.3) is 0 Å². The van der Waals surface area contributed by atoms with Crippen molar-refractivity contribution in [2.75, 3.05) is 7.11 Å². The minimum atomic E-state index is -0.489. The van der Waals surface area contributed by atoms with Crippen molar-refractivity contribution in [2.24, 2.45) is 0 Å². The molecule has 0 spiro atoms. The van der Waals surface area contributed by atoms with Gasteiger partial charge in [0.1, 0.15) is 11.3 Å². The van der Waals surface area contributed by atoms with E-state index in [2.05, 4.69) is 0 Å². The van der Waals surface area contributed by atoms with Gasteiger partial charge in [0.2, 0.25) is 0 Å². The van der Waals surface area contributed by atoms with E-state index >= 15 is 0 Å². The quantitative estimate of drug-likeness (QED) is 0.665. The number of carbonyl (C=O) groups is 1. The van der Waals surface area contributed by atoms with Gasteiger partial charge in [0.15, 0.2) is 0 Å². The Hall–Kier alpha value is -2.29. The van der Waals surface area contributed by atoms with Gasteiger partial charge < -0.3 is 9.84 Å². The molecule has 2 aromatic carbocycles. The topological polar surface area (TPSA) is 46.5 Å². The molecule has 0 heterocycles. The first-order chi connectivity index (χ1) is 8.72. The molecule has 0 fully saturated rings.